The van der Waals surface area contributed by atoms with Gasteiger partial charge in [-0.2, -0.15) is 12.6 Å². The highest BCUT2D eigenvalue weighted by molar-refractivity contribution is 7.81. The van der Waals surface area contributed by atoms with E-state index in [1.165, 1.54) is 6.07 Å². The van der Waals surface area contributed by atoms with Crippen LogP contribution in [0.4, 0.5) is 0 Å². The molecule has 0 saturated carbocycles. The molecule has 0 radical (unpaired) electrons. The van der Waals surface area contributed by atoms with Crippen molar-refractivity contribution in [2.45, 2.75) is 18.6 Å². The Hall–Kier alpha value is -0.640. The largest absolute Gasteiger partial charge is 0.491 e. The van der Waals surface area contributed by atoms with E-state index < -0.39 is 0 Å². The van der Waals surface area contributed by atoms with E-state index >= 15 is 0 Å². The fourth-order valence-corrected chi connectivity index (χ4v) is 0.660. The minimum absolute atomic E-state index is 0.0999. The zero-order chi connectivity index (χ0) is 7.78. The lowest BCUT2D eigenvalue weighted by atomic mass is 10.1. The van der Waals surface area contributed by atoms with Crippen LogP contribution in [0.3, 0.4) is 0 Å². The molecule has 0 aliphatic heterocycles. The van der Waals surface area contributed by atoms with E-state index in [-0.39, 0.29) is 10.6 Å². The molecule has 0 aliphatic carbocycles. The van der Waals surface area contributed by atoms with Crippen molar-refractivity contribution in [1.82, 2.24) is 5.16 Å². The molecule has 3 nitrogen and oxygen atoms in total. The lowest BCUT2D eigenvalue weighted by molar-refractivity contribution is 0.329. The molecule has 0 aliphatic rings. The van der Waals surface area contributed by atoms with Crippen LogP contribution in [0.2, 0.25) is 0 Å². The van der Waals surface area contributed by atoms with Crippen molar-refractivity contribution in [3.63, 3.8) is 0 Å². The second kappa shape index (κ2) is 2.20. The zero-order valence-corrected chi connectivity index (χ0v) is 6.72. The minimum Gasteiger partial charge on any atom is -0.491 e. The Morgan fingerprint density at radius 3 is 2.50 bits per heavy atom. The number of rotatable bonds is 1. The Kier molecular flexibility index (Phi) is 1.64. The first kappa shape index (κ1) is 7.47. The summed E-state index contributed by atoms with van der Waals surface area (Å²) in [5, 5.41) is 12.1. The van der Waals surface area contributed by atoms with Crippen molar-refractivity contribution >= 4 is 12.6 Å². The van der Waals surface area contributed by atoms with E-state index in [4.69, 9.17) is 9.63 Å². The summed E-state index contributed by atoms with van der Waals surface area (Å²) in [6, 6.07) is 1.45. The fourth-order valence-electron chi connectivity index (χ4n) is 0.554. The van der Waals surface area contributed by atoms with Gasteiger partial charge in [0.25, 0.3) is 5.88 Å². The summed E-state index contributed by atoms with van der Waals surface area (Å²) in [7, 11) is 0. The van der Waals surface area contributed by atoms with E-state index in [1.54, 1.807) is 0 Å². The second-order valence-electron chi connectivity index (χ2n) is 2.61. The van der Waals surface area contributed by atoms with E-state index in [1.807, 2.05) is 13.8 Å². The van der Waals surface area contributed by atoms with Crippen LogP contribution >= 0.6 is 12.6 Å². The smallest absolute Gasteiger partial charge is 0.251 e. The monoisotopic (exact) mass is 159 g/mol. The first-order chi connectivity index (χ1) is 4.50. The third kappa shape index (κ3) is 1.44. The standard InChI is InChI=1S/C6H9NO2S/c1-6(2,10)4-3-5(8)7-9-4/h3,10H,1-2H3,(H,7,8). The maximum Gasteiger partial charge on any atom is 0.251 e. The van der Waals surface area contributed by atoms with Crippen LogP contribution in [0.25, 0.3) is 0 Å². The van der Waals surface area contributed by atoms with Crippen molar-refractivity contribution in [3.8, 4) is 5.88 Å². The third-order valence-electron chi connectivity index (χ3n) is 1.10. The van der Waals surface area contributed by atoms with Crippen molar-refractivity contribution in [2.75, 3.05) is 0 Å². The Balaban J connectivity index is 2.96. The van der Waals surface area contributed by atoms with Crippen LogP contribution in [0.1, 0.15) is 19.6 Å². The van der Waals surface area contributed by atoms with Gasteiger partial charge in [-0.15, -0.1) is 0 Å². The van der Waals surface area contributed by atoms with Crippen molar-refractivity contribution < 1.29 is 9.63 Å². The molecule has 10 heavy (non-hydrogen) atoms. The summed E-state index contributed by atoms with van der Waals surface area (Å²) in [5.41, 5.74) is 0. The van der Waals surface area contributed by atoms with Crippen molar-refractivity contribution in [2.24, 2.45) is 0 Å². The van der Waals surface area contributed by atoms with E-state index in [0.29, 0.717) is 5.76 Å². The summed E-state index contributed by atoms with van der Waals surface area (Å²) >= 11 is 4.21. The van der Waals surface area contributed by atoms with E-state index in [2.05, 4.69) is 17.8 Å². The quantitative estimate of drug-likeness (QED) is 0.611. The summed E-state index contributed by atoms with van der Waals surface area (Å²) in [4.78, 5) is 0. The number of aromatic nitrogens is 1. The molecule has 1 aromatic heterocycles. The van der Waals surface area contributed by atoms with Gasteiger partial charge in [-0.3, -0.25) is 0 Å². The molecule has 0 unspecified atom stereocenters. The Labute approximate surface area is 64.4 Å². The van der Waals surface area contributed by atoms with E-state index in [0.717, 1.165) is 0 Å². The first-order valence-electron chi connectivity index (χ1n) is 2.88. The zero-order valence-electron chi connectivity index (χ0n) is 5.83. The highest BCUT2D eigenvalue weighted by Crippen LogP contribution is 2.28. The number of thiol groups is 1. The van der Waals surface area contributed by atoms with Crippen LogP contribution in [-0.2, 0) is 4.75 Å². The molecule has 56 valence electrons. The molecule has 0 atom stereocenters. The maximum absolute atomic E-state index is 8.78. The number of aromatic hydroxyl groups is 1. The van der Waals surface area contributed by atoms with Crippen LogP contribution in [0.5, 0.6) is 5.88 Å². The topological polar surface area (TPSA) is 46.3 Å². The highest BCUT2D eigenvalue weighted by atomic mass is 32.1. The van der Waals surface area contributed by atoms with Crippen LogP contribution in [0, 0.1) is 0 Å². The molecule has 0 fully saturated rings. The molecule has 4 heteroatoms. The molecule has 1 heterocycles. The average molecular weight is 159 g/mol. The minimum atomic E-state index is -0.381. The maximum atomic E-state index is 8.78. The first-order valence-corrected chi connectivity index (χ1v) is 3.33. The molecule has 1 rings (SSSR count). The Morgan fingerprint density at radius 2 is 2.30 bits per heavy atom. The normalized spacial score (nSPS) is 11.9. The highest BCUT2D eigenvalue weighted by Gasteiger charge is 2.20. The second-order valence-corrected chi connectivity index (χ2v) is 3.73. The summed E-state index contributed by atoms with van der Waals surface area (Å²) in [5.74, 6) is 0.463. The lowest BCUT2D eigenvalue weighted by Crippen LogP contribution is -2.05. The molecule has 0 aromatic carbocycles. The van der Waals surface area contributed by atoms with Crippen LogP contribution in [-0.4, -0.2) is 10.3 Å². The molecule has 0 amide bonds. The molecule has 1 N–H and O–H groups in total. The van der Waals surface area contributed by atoms with Gasteiger partial charge in [0.1, 0.15) is 0 Å². The third-order valence-corrected chi connectivity index (χ3v) is 1.32. The SMILES string of the molecule is CC(C)(S)c1cc(O)no1. The number of hydrogen-bond acceptors (Lipinski definition) is 4. The van der Waals surface area contributed by atoms with Gasteiger partial charge in [0, 0.05) is 6.07 Å². The van der Waals surface area contributed by atoms with Gasteiger partial charge in [0.15, 0.2) is 5.76 Å². The van der Waals surface area contributed by atoms with Gasteiger partial charge in [0.05, 0.1) is 4.75 Å². The molecular weight excluding hydrogens is 150 g/mol. The van der Waals surface area contributed by atoms with Gasteiger partial charge >= 0.3 is 0 Å². The lowest BCUT2D eigenvalue weighted by Gasteiger charge is -2.10. The Bertz CT molecular complexity index is 226. The summed E-state index contributed by atoms with van der Waals surface area (Å²) in [6.45, 7) is 3.71. The van der Waals surface area contributed by atoms with Crippen molar-refractivity contribution in [3.05, 3.63) is 11.8 Å². The van der Waals surface area contributed by atoms with Gasteiger partial charge in [0.2, 0.25) is 0 Å². The van der Waals surface area contributed by atoms with Crippen LogP contribution in [0.15, 0.2) is 10.6 Å². The summed E-state index contributed by atoms with van der Waals surface area (Å²) < 4.78 is 4.37. The van der Waals surface area contributed by atoms with E-state index in [9.17, 15) is 0 Å². The van der Waals surface area contributed by atoms with Crippen LogP contribution < -0.4 is 0 Å². The molecule has 0 saturated heterocycles. The number of nitrogens with zero attached hydrogens (tertiary/aromatic N) is 1. The summed E-state index contributed by atoms with van der Waals surface area (Å²) in [6.07, 6.45) is 0. The van der Waals surface area contributed by atoms with Gasteiger partial charge in [-0.05, 0) is 19.0 Å². The van der Waals surface area contributed by atoms with Gasteiger partial charge < -0.3 is 9.63 Å². The predicted molar refractivity (Wildman–Crippen MR) is 40.2 cm³/mol. The van der Waals surface area contributed by atoms with Crippen molar-refractivity contribution in [1.29, 1.82) is 0 Å². The van der Waals surface area contributed by atoms with Gasteiger partial charge in [-0.25, -0.2) is 0 Å². The fraction of sp³-hybridized carbons (Fsp3) is 0.500. The Morgan fingerprint density at radius 1 is 1.70 bits per heavy atom. The molecule has 0 spiro atoms. The number of hydrogen-bond donors (Lipinski definition) is 2. The molecular formula is C6H9NO2S. The average Bonchev–Trinajstić information content (AvgIpc) is 2.11. The molecule has 0 bridgehead atoms. The molecule has 1 aromatic rings. The van der Waals surface area contributed by atoms with Gasteiger partial charge in [-0.1, -0.05) is 0 Å². The predicted octanol–water partition coefficient (Wildman–Crippen LogP) is 1.55.